The molecule has 2 unspecified atom stereocenters. The van der Waals surface area contributed by atoms with Gasteiger partial charge in [-0.1, -0.05) is 26.7 Å². The molecule has 2 aliphatic carbocycles. The van der Waals surface area contributed by atoms with Crippen molar-refractivity contribution in [2.45, 2.75) is 39.5 Å². The molecule has 0 aromatic heterocycles. The molecule has 2 rings (SSSR count). The van der Waals surface area contributed by atoms with E-state index in [2.05, 4.69) is 13.8 Å². The van der Waals surface area contributed by atoms with E-state index in [-0.39, 0.29) is 0 Å². The molecule has 0 N–H and O–H groups in total. The number of hydrogen-bond acceptors (Lipinski definition) is 0. The number of rotatable bonds is 1. The molecular weight excluding hydrogens is 108 g/mol. The molecule has 0 aromatic rings. The third-order valence-electron chi connectivity index (χ3n) is 3.74. The van der Waals surface area contributed by atoms with Crippen LogP contribution >= 0.6 is 0 Å². The lowest BCUT2D eigenvalue weighted by atomic mass is 10.0. The maximum absolute atomic E-state index is 2.48. The summed E-state index contributed by atoms with van der Waals surface area (Å²) in [4.78, 5) is 0. The van der Waals surface area contributed by atoms with Gasteiger partial charge in [0.15, 0.2) is 0 Å². The van der Waals surface area contributed by atoms with Crippen molar-refractivity contribution in [1.82, 2.24) is 0 Å². The van der Waals surface area contributed by atoms with E-state index < -0.39 is 0 Å². The second-order valence-electron chi connectivity index (χ2n) is 4.02. The van der Waals surface area contributed by atoms with E-state index in [4.69, 9.17) is 0 Å². The quantitative estimate of drug-likeness (QED) is 0.504. The number of fused-ring (bicyclic) bond motifs is 1. The van der Waals surface area contributed by atoms with Crippen LogP contribution < -0.4 is 0 Å². The Hall–Kier alpha value is 0. The van der Waals surface area contributed by atoms with Gasteiger partial charge in [0.25, 0.3) is 0 Å². The van der Waals surface area contributed by atoms with Crippen molar-refractivity contribution in [1.29, 1.82) is 0 Å². The second kappa shape index (κ2) is 1.53. The van der Waals surface area contributed by atoms with Crippen LogP contribution in [0, 0.1) is 17.3 Å². The van der Waals surface area contributed by atoms with E-state index in [1.54, 1.807) is 0 Å². The minimum Gasteiger partial charge on any atom is -0.0651 e. The molecule has 0 nitrogen and oxygen atoms in total. The van der Waals surface area contributed by atoms with Gasteiger partial charge in [-0.25, -0.2) is 0 Å². The summed E-state index contributed by atoms with van der Waals surface area (Å²) in [6.45, 7) is 4.83. The highest BCUT2D eigenvalue weighted by Gasteiger charge is 2.61. The van der Waals surface area contributed by atoms with Crippen molar-refractivity contribution in [2.75, 3.05) is 0 Å². The van der Waals surface area contributed by atoms with Gasteiger partial charge in [-0.3, -0.25) is 0 Å². The SMILES string of the molecule is CCC1C2CCC[C@@]12C. The minimum absolute atomic E-state index is 0.828. The minimum atomic E-state index is 0.828. The largest absolute Gasteiger partial charge is 0.0651 e. The lowest BCUT2D eigenvalue weighted by molar-refractivity contribution is 0.467. The maximum atomic E-state index is 2.48. The normalized spacial score (nSPS) is 55.3. The van der Waals surface area contributed by atoms with Crippen LogP contribution in [-0.4, -0.2) is 0 Å². The third-order valence-corrected chi connectivity index (χ3v) is 3.74. The van der Waals surface area contributed by atoms with Gasteiger partial charge in [-0.05, 0) is 30.1 Å². The summed E-state index contributed by atoms with van der Waals surface area (Å²) in [5, 5.41) is 0. The zero-order valence-electron chi connectivity index (χ0n) is 6.48. The highest BCUT2D eigenvalue weighted by atomic mass is 14.7. The van der Waals surface area contributed by atoms with Gasteiger partial charge in [0, 0.05) is 0 Å². The Morgan fingerprint density at radius 3 is 2.67 bits per heavy atom. The third kappa shape index (κ3) is 0.544. The standard InChI is InChI=1S/C9H16/c1-3-7-8-5-4-6-9(7,8)2/h7-8H,3-6H2,1-2H3/t7?,8?,9-/m0/s1. The Labute approximate surface area is 57.6 Å². The molecule has 0 aliphatic heterocycles. The molecule has 2 saturated carbocycles. The van der Waals surface area contributed by atoms with E-state index in [1.165, 1.54) is 25.7 Å². The Bertz CT molecular complexity index is 122. The first kappa shape index (κ1) is 5.76. The molecule has 0 amide bonds. The second-order valence-corrected chi connectivity index (χ2v) is 4.02. The Morgan fingerprint density at radius 1 is 1.56 bits per heavy atom. The summed E-state index contributed by atoms with van der Waals surface area (Å²) in [6.07, 6.45) is 6.00. The molecule has 0 saturated heterocycles. The van der Waals surface area contributed by atoms with Crippen molar-refractivity contribution < 1.29 is 0 Å². The Balaban J connectivity index is 2.08. The topological polar surface area (TPSA) is 0 Å². The monoisotopic (exact) mass is 124 g/mol. The van der Waals surface area contributed by atoms with Crippen molar-refractivity contribution in [3.8, 4) is 0 Å². The van der Waals surface area contributed by atoms with Gasteiger partial charge in [-0.2, -0.15) is 0 Å². The molecule has 0 radical (unpaired) electrons. The molecule has 0 bridgehead atoms. The van der Waals surface area contributed by atoms with Crippen LogP contribution in [-0.2, 0) is 0 Å². The van der Waals surface area contributed by atoms with Crippen LogP contribution in [0.25, 0.3) is 0 Å². The molecule has 2 aliphatic rings. The molecule has 52 valence electrons. The maximum Gasteiger partial charge on any atom is -0.0264 e. The van der Waals surface area contributed by atoms with Crippen LogP contribution in [0.4, 0.5) is 0 Å². The predicted octanol–water partition coefficient (Wildman–Crippen LogP) is 2.83. The zero-order chi connectivity index (χ0) is 6.48. The van der Waals surface area contributed by atoms with E-state index in [9.17, 15) is 0 Å². The van der Waals surface area contributed by atoms with Gasteiger partial charge < -0.3 is 0 Å². The van der Waals surface area contributed by atoms with Crippen LogP contribution in [0.15, 0.2) is 0 Å². The lowest BCUT2D eigenvalue weighted by Crippen LogP contribution is -1.93. The average molecular weight is 124 g/mol. The highest BCUT2D eigenvalue weighted by Crippen LogP contribution is 2.69. The molecule has 3 atom stereocenters. The molecule has 0 heteroatoms. The zero-order valence-corrected chi connectivity index (χ0v) is 6.48. The first-order valence-electron chi connectivity index (χ1n) is 4.29. The van der Waals surface area contributed by atoms with Crippen LogP contribution in [0.1, 0.15) is 39.5 Å². The van der Waals surface area contributed by atoms with Gasteiger partial charge in [0.1, 0.15) is 0 Å². The molecule has 0 spiro atoms. The fourth-order valence-electron chi connectivity index (χ4n) is 3.12. The first-order chi connectivity index (χ1) is 4.29. The molecule has 0 aromatic carbocycles. The Morgan fingerprint density at radius 2 is 2.33 bits per heavy atom. The summed E-state index contributed by atoms with van der Waals surface area (Å²) in [5.74, 6) is 2.26. The van der Waals surface area contributed by atoms with E-state index >= 15 is 0 Å². The molecular formula is C9H16. The van der Waals surface area contributed by atoms with Crippen LogP contribution in [0.5, 0.6) is 0 Å². The smallest absolute Gasteiger partial charge is 0.0264 e. The van der Waals surface area contributed by atoms with Crippen molar-refractivity contribution in [3.05, 3.63) is 0 Å². The van der Waals surface area contributed by atoms with E-state index in [0.717, 1.165) is 17.3 Å². The lowest BCUT2D eigenvalue weighted by Gasteiger charge is -2.04. The summed E-state index contributed by atoms with van der Waals surface area (Å²) < 4.78 is 0. The van der Waals surface area contributed by atoms with Crippen LogP contribution in [0.3, 0.4) is 0 Å². The molecule has 9 heavy (non-hydrogen) atoms. The summed E-state index contributed by atoms with van der Waals surface area (Å²) >= 11 is 0. The van der Waals surface area contributed by atoms with E-state index in [1.807, 2.05) is 0 Å². The summed E-state index contributed by atoms with van der Waals surface area (Å²) in [6, 6.07) is 0. The fraction of sp³-hybridized carbons (Fsp3) is 1.00. The molecule has 0 heterocycles. The average Bonchev–Trinajstić information content (AvgIpc) is 2.16. The highest BCUT2D eigenvalue weighted by molar-refractivity contribution is 5.10. The van der Waals surface area contributed by atoms with E-state index in [0.29, 0.717) is 0 Å². The van der Waals surface area contributed by atoms with Crippen molar-refractivity contribution in [2.24, 2.45) is 17.3 Å². The Kier molecular flexibility index (Phi) is 0.980. The van der Waals surface area contributed by atoms with Crippen LogP contribution in [0.2, 0.25) is 0 Å². The number of hydrogen-bond donors (Lipinski definition) is 0. The van der Waals surface area contributed by atoms with Gasteiger partial charge in [0.2, 0.25) is 0 Å². The van der Waals surface area contributed by atoms with Crippen molar-refractivity contribution in [3.63, 3.8) is 0 Å². The van der Waals surface area contributed by atoms with Gasteiger partial charge in [0.05, 0.1) is 0 Å². The van der Waals surface area contributed by atoms with Crippen molar-refractivity contribution >= 4 is 0 Å². The molecule has 2 fully saturated rings. The summed E-state index contributed by atoms with van der Waals surface area (Å²) in [5.41, 5.74) is 0.828. The predicted molar refractivity (Wildman–Crippen MR) is 39.2 cm³/mol. The first-order valence-corrected chi connectivity index (χ1v) is 4.29. The van der Waals surface area contributed by atoms with Gasteiger partial charge >= 0.3 is 0 Å². The fourth-order valence-corrected chi connectivity index (χ4v) is 3.12. The van der Waals surface area contributed by atoms with Gasteiger partial charge in [-0.15, -0.1) is 0 Å². The summed E-state index contributed by atoms with van der Waals surface area (Å²) in [7, 11) is 0.